The highest BCUT2D eigenvalue weighted by Gasteiger charge is 2.17. The molecule has 0 fully saturated rings. The van der Waals surface area contributed by atoms with E-state index < -0.39 is 6.10 Å². The highest BCUT2D eigenvalue weighted by molar-refractivity contribution is 5.70. The molecule has 0 rings (SSSR count). The van der Waals surface area contributed by atoms with Gasteiger partial charge in [0, 0.05) is 19.4 Å². The van der Waals surface area contributed by atoms with Crippen LogP contribution in [0.1, 0.15) is 252 Å². The molecule has 0 spiro atoms. The SMILES string of the molecule is CC/C=C\C/C=C\C/C=C\C/C=C\C/C=C\C/C=C\CCCOCC(COC(=O)CCCCCCCCCCCCCCCCCCC)OC(=O)CCCCCCC/C=C\C/C=C\C/C=C\CC. The van der Waals surface area contributed by atoms with Gasteiger partial charge in [0.25, 0.3) is 0 Å². The number of unbranched alkanes of at least 4 members (excludes halogenated alkanes) is 22. The maximum atomic E-state index is 12.8. The third-order valence-corrected chi connectivity index (χ3v) is 11.8. The van der Waals surface area contributed by atoms with Crippen molar-refractivity contribution in [3.8, 4) is 0 Å². The van der Waals surface area contributed by atoms with Crippen LogP contribution in [0.2, 0.25) is 0 Å². The Morgan fingerprint density at radius 3 is 1.06 bits per heavy atom. The van der Waals surface area contributed by atoms with E-state index in [9.17, 15) is 9.59 Å². The molecule has 1 unspecified atom stereocenters. The standard InChI is InChI=1S/C63H106O5/c1-4-7-10-13-16-19-22-25-28-30-31-32-34-37-40-43-46-49-52-55-58-66-59-61(68-63(65)57-54-51-48-45-42-39-35-27-24-21-18-15-12-9-6-3)60-67-62(64)56-53-50-47-44-41-38-36-33-29-26-23-20-17-14-11-8-5-2/h7,9-10,12,16,18-19,21,25,27-28,31-32,35,37,40,46,49,61H,4-6,8,11,13-15,17,20,22-24,26,29-30,33-34,36,38-39,41-45,47-48,50-60H2,1-3H3/b10-7-,12-9-,19-16-,21-18-,28-25-,32-31-,35-27-,40-37-,49-46-. The van der Waals surface area contributed by atoms with Crippen molar-refractivity contribution in [3.63, 3.8) is 0 Å². The molecule has 0 aromatic rings. The Balaban J connectivity index is 4.40. The summed E-state index contributed by atoms with van der Waals surface area (Å²) in [4.78, 5) is 25.5. The predicted octanol–water partition coefficient (Wildman–Crippen LogP) is 19.6. The number of carbonyl (C=O) groups excluding carboxylic acids is 2. The number of carbonyl (C=O) groups is 2. The zero-order valence-electron chi connectivity index (χ0n) is 44.6. The van der Waals surface area contributed by atoms with Crippen LogP contribution in [0, 0.1) is 0 Å². The van der Waals surface area contributed by atoms with Crippen molar-refractivity contribution >= 4 is 11.9 Å². The van der Waals surface area contributed by atoms with Crippen LogP contribution in [0.3, 0.4) is 0 Å². The lowest BCUT2D eigenvalue weighted by molar-refractivity contribution is -0.163. The van der Waals surface area contributed by atoms with Crippen LogP contribution >= 0.6 is 0 Å². The van der Waals surface area contributed by atoms with Gasteiger partial charge in [0.2, 0.25) is 0 Å². The Bertz CT molecular complexity index is 1340. The third kappa shape index (κ3) is 55.2. The normalized spacial score (nSPS) is 13.0. The molecule has 0 saturated heterocycles. The van der Waals surface area contributed by atoms with Crippen molar-refractivity contribution in [2.45, 2.75) is 258 Å². The van der Waals surface area contributed by atoms with E-state index in [0.29, 0.717) is 19.4 Å². The van der Waals surface area contributed by atoms with Gasteiger partial charge >= 0.3 is 11.9 Å². The van der Waals surface area contributed by atoms with Gasteiger partial charge in [0.15, 0.2) is 6.10 Å². The zero-order chi connectivity index (χ0) is 49.2. The summed E-state index contributed by atoms with van der Waals surface area (Å²) in [7, 11) is 0. The van der Waals surface area contributed by atoms with Gasteiger partial charge in [-0.05, 0) is 96.3 Å². The van der Waals surface area contributed by atoms with Crippen molar-refractivity contribution in [2.75, 3.05) is 19.8 Å². The van der Waals surface area contributed by atoms with Crippen molar-refractivity contribution in [1.29, 1.82) is 0 Å². The smallest absolute Gasteiger partial charge is 0.306 e. The van der Waals surface area contributed by atoms with Crippen LogP contribution in [0.4, 0.5) is 0 Å². The Labute approximate surface area is 421 Å². The summed E-state index contributed by atoms with van der Waals surface area (Å²) in [5.41, 5.74) is 0. The number of ether oxygens (including phenoxy) is 3. The van der Waals surface area contributed by atoms with Gasteiger partial charge in [-0.3, -0.25) is 9.59 Å². The fraction of sp³-hybridized carbons (Fsp3) is 0.683. The van der Waals surface area contributed by atoms with E-state index in [1.807, 2.05) is 0 Å². The second-order valence-corrected chi connectivity index (χ2v) is 18.4. The number of hydrogen-bond donors (Lipinski definition) is 0. The molecule has 1 atom stereocenters. The first-order valence-corrected chi connectivity index (χ1v) is 28.4. The van der Waals surface area contributed by atoms with Gasteiger partial charge in [-0.15, -0.1) is 0 Å². The van der Waals surface area contributed by atoms with Crippen molar-refractivity contribution in [1.82, 2.24) is 0 Å². The summed E-state index contributed by atoms with van der Waals surface area (Å²) in [5, 5.41) is 0. The molecule has 5 nitrogen and oxygen atoms in total. The Morgan fingerprint density at radius 2 is 0.662 bits per heavy atom. The minimum absolute atomic E-state index is 0.0515. The minimum atomic E-state index is -0.581. The molecule has 0 heterocycles. The lowest BCUT2D eigenvalue weighted by atomic mass is 10.0. The third-order valence-electron chi connectivity index (χ3n) is 11.8. The summed E-state index contributed by atoms with van der Waals surface area (Å²) in [6, 6.07) is 0. The molecule has 0 aliphatic rings. The molecular formula is C63H106O5. The Hall–Kier alpha value is -3.44. The van der Waals surface area contributed by atoms with Gasteiger partial charge in [0.05, 0.1) is 6.61 Å². The summed E-state index contributed by atoms with van der Waals surface area (Å²) in [6.45, 7) is 7.46. The number of allylic oxidation sites excluding steroid dienone is 18. The van der Waals surface area contributed by atoms with E-state index in [1.165, 1.54) is 109 Å². The first kappa shape index (κ1) is 64.6. The van der Waals surface area contributed by atoms with Crippen LogP contribution in [0.15, 0.2) is 109 Å². The lowest BCUT2D eigenvalue weighted by Gasteiger charge is -2.18. The second kappa shape index (κ2) is 57.9. The molecule has 0 aromatic heterocycles. The summed E-state index contributed by atoms with van der Waals surface area (Å²) < 4.78 is 17.4. The average Bonchev–Trinajstić information content (AvgIpc) is 3.34. The summed E-state index contributed by atoms with van der Waals surface area (Å²) >= 11 is 0. The lowest BCUT2D eigenvalue weighted by Crippen LogP contribution is -2.30. The Morgan fingerprint density at radius 1 is 0.338 bits per heavy atom. The van der Waals surface area contributed by atoms with E-state index in [-0.39, 0.29) is 25.2 Å². The van der Waals surface area contributed by atoms with E-state index in [0.717, 1.165) is 109 Å². The fourth-order valence-corrected chi connectivity index (χ4v) is 7.66. The van der Waals surface area contributed by atoms with Crippen LogP contribution in [0.5, 0.6) is 0 Å². The molecule has 0 aliphatic carbocycles. The number of hydrogen-bond acceptors (Lipinski definition) is 5. The molecule has 388 valence electrons. The molecule has 68 heavy (non-hydrogen) atoms. The maximum absolute atomic E-state index is 12.8. The molecule has 0 amide bonds. The zero-order valence-corrected chi connectivity index (χ0v) is 44.6. The van der Waals surface area contributed by atoms with Gasteiger partial charge in [-0.1, -0.05) is 252 Å². The molecule has 0 radical (unpaired) electrons. The second-order valence-electron chi connectivity index (χ2n) is 18.4. The van der Waals surface area contributed by atoms with Crippen molar-refractivity contribution in [3.05, 3.63) is 109 Å². The van der Waals surface area contributed by atoms with E-state index in [4.69, 9.17) is 14.2 Å². The van der Waals surface area contributed by atoms with Gasteiger partial charge in [-0.2, -0.15) is 0 Å². The first-order valence-electron chi connectivity index (χ1n) is 28.4. The average molecular weight is 944 g/mol. The van der Waals surface area contributed by atoms with Gasteiger partial charge in [-0.25, -0.2) is 0 Å². The van der Waals surface area contributed by atoms with Crippen molar-refractivity contribution in [2.24, 2.45) is 0 Å². The van der Waals surface area contributed by atoms with Gasteiger partial charge < -0.3 is 14.2 Å². The summed E-state index contributed by atoms with van der Waals surface area (Å²) in [6.07, 6.45) is 79.8. The minimum Gasteiger partial charge on any atom is -0.462 e. The molecule has 0 N–H and O–H groups in total. The molecule has 0 aliphatic heterocycles. The van der Waals surface area contributed by atoms with E-state index in [2.05, 4.69) is 130 Å². The molecular weight excluding hydrogens is 837 g/mol. The molecule has 0 saturated carbocycles. The highest BCUT2D eigenvalue weighted by Crippen LogP contribution is 2.15. The van der Waals surface area contributed by atoms with E-state index in [1.54, 1.807) is 0 Å². The predicted molar refractivity (Wildman–Crippen MR) is 297 cm³/mol. The Kier molecular flexibility index (Phi) is 54.9. The number of esters is 2. The number of rotatable bonds is 51. The van der Waals surface area contributed by atoms with Gasteiger partial charge in [0.1, 0.15) is 6.61 Å². The van der Waals surface area contributed by atoms with Crippen LogP contribution in [-0.4, -0.2) is 37.9 Å². The molecule has 5 heteroatoms. The topological polar surface area (TPSA) is 61.8 Å². The van der Waals surface area contributed by atoms with Crippen LogP contribution in [0.25, 0.3) is 0 Å². The maximum Gasteiger partial charge on any atom is 0.306 e. The quantitative estimate of drug-likeness (QED) is 0.0345. The summed E-state index contributed by atoms with van der Waals surface area (Å²) in [5.74, 6) is -0.447. The highest BCUT2D eigenvalue weighted by atomic mass is 16.6. The van der Waals surface area contributed by atoms with Crippen molar-refractivity contribution < 1.29 is 23.8 Å². The first-order chi connectivity index (χ1) is 33.6. The van der Waals surface area contributed by atoms with Crippen LogP contribution in [-0.2, 0) is 23.8 Å². The fourth-order valence-electron chi connectivity index (χ4n) is 7.66. The molecule has 0 aromatic carbocycles. The monoisotopic (exact) mass is 943 g/mol. The van der Waals surface area contributed by atoms with Crippen LogP contribution < -0.4 is 0 Å². The largest absolute Gasteiger partial charge is 0.462 e. The van der Waals surface area contributed by atoms with E-state index >= 15 is 0 Å². The molecule has 0 bridgehead atoms.